The number of imidazole rings is 1. The largest absolute Gasteiger partial charge is 0.390 e. The smallest absolute Gasteiger partial charge is 0.336 e. The molecule has 1 unspecified atom stereocenters. The van der Waals surface area contributed by atoms with Gasteiger partial charge in [0.05, 0.1) is 18.4 Å². The summed E-state index contributed by atoms with van der Waals surface area (Å²) in [6.45, 7) is 3.00. The van der Waals surface area contributed by atoms with Crippen LogP contribution in [0.5, 0.6) is 0 Å². The van der Waals surface area contributed by atoms with Gasteiger partial charge < -0.3 is 15.6 Å². The van der Waals surface area contributed by atoms with Crippen molar-refractivity contribution in [1.82, 2.24) is 14.9 Å². The number of alkyl halides is 3. The van der Waals surface area contributed by atoms with Gasteiger partial charge in [0.15, 0.2) is 0 Å². The number of hydrogen-bond donors (Lipinski definition) is 2. The van der Waals surface area contributed by atoms with Crippen LogP contribution in [0.3, 0.4) is 0 Å². The van der Waals surface area contributed by atoms with E-state index in [1.807, 2.05) is 4.57 Å². The quantitative estimate of drug-likeness (QED) is 0.799. The predicted molar refractivity (Wildman–Crippen MR) is 58.3 cm³/mol. The Bertz CT molecular complexity index is 335. The zero-order valence-corrected chi connectivity index (χ0v) is 9.67. The predicted octanol–water partition coefficient (Wildman–Crippen LogP) is 1.27. The highest BCUT2D eigenvalue weighted by atomic mass is 19.4. The molecule has 0 aliphatic rings. The zero-order chi connectivity index (χ0) is 12.9. The van der Waals surface area contributed by atoms with Crippen LogP contribution < -0.4 is 11.1 Å². The molecule has 0 aromatic carbocycles. The van der Waals surface area contributed by atoms with Gasteiger partial charge in [-0.2, -0.15) is 13.2 Å². The third kappa shape index (κ3) is 5.69. The summed E-state index contributed by atoms with van der Waals surface area (Å²) in [5.41, 5.74) is 6.09. The summed E-state index contributed by atoms with van der Waals surface area (Å²) < 4.78 is 38.0. The summed E-state index contributed by atoms with van der Waals surface area (Å²) in [6.07, 6.45) is -1.57. The molecule has 1 atom stereocenters. The Balaban J connectivity index is 2.34. The van der Waals surface area contributed by atoms with E-state index in [4.69, 9.17) is 5.73 Å². The molecule has 17 heavy (non-hydrogen) atoms. The van der Waals surface area contributed by atoms with Crippen LogP contribution in [-0.2, 0) is 13.1 Å². The van der Waals surface area contributed by atoms with E-state index in [0.717, 1.165) is 0 Å². The lowest BCUT2D eigenvalue weighted by Gasteiger charge is -2.14. The summed E-state index contributed by atoms with van der Waals surface area (Å²) in [7, 11) is 0. The Morgan fingerprint density at radius 2 is 2.24 bits per heavy atom. The van der Waals surface area contributed by atoms with Crippen molar-refractivity contribution in [2.75, 3.05) is 6.54 Å². The van der Waals surface area contributed by atoms with Crippen molar-refractivity contribution in [2.24, 2.45) is 5.73 Å². The highest BCUT2D eigenvalue weighted by molar-refractivity contribution is 4.96. The van der Waals surface area contributed by atoms with Crippen LogP contribution in [0.4, 0.5) is 13.2 Å². The number of aromatic nitrogens is 2. The maximum Gasteiger partial charge on any atom is 0.390 e. The van der Waals surface area contributed by atoms with Crippen molar-refractivity contribution in [3.63, 3.8) is 0 Å². The SMILES string of the molecule is CC(CC(F)(F)F)NCc1cn(CCN)cn1. The number of rotatable bonds is 6. The second-order valence-electron chi connectivity index (χ2n) is 3.99. The van der Waals surface area contributed by atoms with Gasteiger partial charge in [-0.1, -0.05) is 0 Å². The maximum atomic E-state index is 12.1. The van der Waals surface area contributed by atoms with Crippen molar-refractivity contribution < 1.29 is 13.2 Å². The first-order valence-electron chi connectivity index (χ1n) is 5.41. The van der Waals surface area contributed by atoms with Gasteiger partial charge in [-0.3, -0.25) is 0 Å². The molecule has 0 radical (unpaired) electrons. The Labute approximate surface area is 98.0 Å². The minimum atomic E-state index is -4.13. The minimum absolute atomic E-state index is 0.328. The molecule has 0 fully saturated rings. The summed E-state index contributed by atoms with van der Waals surface area (Å²) in [6, 6.07) is -0.616. The van der Waals surface area contributed by atoms with Gasteiger partial charge in [-0.15, -0.1) is 0 Å². The number of nitrogens with zero attached hydrogens (tertiary/aromatic N) is 2. The molecule has 0 amide bonds. The lowest BCUT2D eigenvalue weighted by molar-refractivity contribution is -0.139. The first-order valence-corrected chi connectivity index (χ1v) is 5.41. The molecule has 98 valence electrons. The van der Waals surface area contributed by atoms with Gasteiger partial charge in [0.1, 0.15) is 0 Å². The van der Waals surface area contributed by atoms with Crippen LogP contribution in [-0.4, -0.2) is 28.3 Å². The molecule has 0 saturated heterocycles. The Kier molecular flexibility index (Phi) is 4.95. The monoisotopic (exact) mass is 250 g/mol. The topological polar surface area (TPSA) is 55.9 Å². The third-order valence-electron chi connectivity index (χ3n) is 2.24. The first kappa shape index (κ1) is 14.0. The molecule has 0 aliphatic carbocycles. The van der Waals surface area contributed by atoms with Crippen molar-refractivity contribution in [2.45, 2.75) is 38.7 Å². The maximum absolute atomic E-state index is 12.1. The molecular weight excluding hydrogens is 233 g/mol. The summed E-state index contributed by atoms with van der Waals surface area (Å²) in [5, 5.41) is 2.78. The van der Waals surface area contributed by atoms with E-state index in [2.05, 4.69) is 10.3 Å². The number of nitrogens with two attached hydrogens (primary N) is 1. The van der Waals surface area contributed by atoms with Crippen LogP contribution >= 0.6 is 0 Å². The van der Waals surface area contributed by atoms with E-state index in [9.17, 15) is 13.2 Å². The summed E-state index contributed by atoms with van der Waals surface area (Å²) >= 11 is 0. The standard InChI is InChI=1S/C10H17F3N4/c1-8(4-10(11,12)13)15-5-9-6-17(3-2-14)7-16-9/h6-8,15H,2-5,14H2,1H3. The highest BCUT2D eigenvalue weighted by Gasteiger charge is 2.29. The molecule has 1 rings (SSSR count). The highest BCUT2D eigenvalue weighted by Crippen LogP contribution is 2.21. The molecule has 0 aliphatic heterocycles. The van der Waals surface area contributed by atoms with Crippen molar-refractivity contribution in [3.05, 3.63) is 18.2 Å². The lowest BCUT2D eigenvalue weighted by Crippen LogP contribution is -2.30. The average Bonchev–Trinajstić information content (AvgIpc) is 2.61. The molecule has 1 heterocycles. The van der Waals surface area contributed by atoms with Crippen molar-refractivity contribution >= 4 is 0 Å². The normalized spacial score (nSPS) is 13.9. The van der Waals surface area contributed by atoms with Gasteiger partial charge in [-0.25, -0.2) is 4.98 Å². The fourth-order valence-corrected chi connectivity index (χ4v) is 1.47. The molecule has 0 spiro atoms. The number of hydrogen-bond acceptors (Lipinski definition) is 3. The van der Waals surface area contributed by atoms with E-state index in [1.54, 1.807) is 12.5 Å². The van der Waals surface area contributed by atoms with E-state index < -0.39 is 18.6 Å². The zero-order valence-electron chi connectivity index (χ0n) is 9.67. The van der Waals surface area contributed by atoms with E-state index in [0.29, 0.717) is 25.3 Å². The fourth-order valence-electron chi connectivity index (χ4n) is 1.47. The van der Waals surface area contributed by atoms with Crippen LogP contribution in [0.25, 0.3) is 0 Å². The molecule has 7 heteroatoms. The van der Waals surface area contributed by atoms with Crippen LogP contribution in [0.1, 0.15) is 19.0 Å². The Morgan fingerprint density at radius 1 is 1.53 bits per heavy atom. The molecule has 0 bridgehead atoms. The fraction of sp³-hybridized carbons (Fsp3) is 0.700. The molecule has 0 saturated carbocycles. The molecule has 1 aromatic rings. The van der Waals surface area contributed by atoms with E-state index in [-0.39, 0.29) is 0 Å². The van der Waals surface area contributed by atoms with Gasteiger partial charge in [0.25, 0.3) is 0 Å². The van der Waals surface area contributed by atoms with Gasteiger partial charge >= 0.3 is 6.18 Å². The van der Waals surface area contributed by atoms with E-state index in [1.165, 1.54) is 6.92 Å². The van der Waals surface area contributed by atoms with Gasteiger partial charge in [0.2, 0.25) is 0 Å². The number of nitrogens with one attached hydrogen (secondary N) is 1. The summed E-state index contributed by atoms with van der Waals surface area (Å²) in [5.74, 6) is 0. The Hall–Kier alpha value is -1.08. The van der Waals surface area contributed by atoms with Crippen molar-refractivity contribution in [1.29, 1.82) is 0 Å². The summed E-state index contributed by atoms with van der Waals surface area (Å²) in [4.78, 5) is 4.07. The van der Waals surface area contributed by atoms with Gasteiger partial charge in [-0.05, 0) is 6.92 Å². The van der Waals surface area contributed by atoms with Crippen LogP contribution in [0.2, 0.25) is 0 Å². The first-order chi connectivity index (χ1) is 7.90. The third-order valence-corrected chi connectivity index (χ3v) is 2.24. The molecule has 1 aromatic heterocycles. The second kappa shape index (κ2) is 6.02. The van der Waals surface area contributed by atoms with Crippen LogP contribution in [0, 0.1) is 0 Å². The Morgan fingerprint density at radius 3 is 2.82 bits per heavy atom. The molecule has 4 nitrogen and oxygen atoms in total. The lowest BCUT2D eigenvalue weighted by atomic mass is 10.2. The molecule has 3 N–H and O–H groups in total. The number of halogens is 3. The average molecular weight is 250 g/mol. The van der Waals surface area contributed by atoms with Crippen molar-refractivity contribution in [3.8, 4) is 0 Å². The van der Waals surface area contributed by atoms with Gasteiger partial charge in [0, 0.05) is 31.9 Å². The minimum Gasteiger partial charge on any atom is -0.336 e. The second-order valence-corrected chi connectivity index (χ2v) is 3.99. The molecular formula is C10H17F3N4. The van der Waals surface area contributed by atoms with Crippen LogP contribution in [0.15, 0.2) is 12.5 Å². The van der Waals surface area contributed by atoms with E-state index >= 15 is 0 Å².